The van der Waals surface area contributed by atoms with Gasteiger partial charge in [-0.1, -0.05) is 69.8 Å². The van der Waals surface area contributed by atoms with Crippen LogP contribution in [0.3, 0.4) is 0 Å². The third-order valence-corrected chi connectivity index (χ3v) is 3.70. The number of ether oxygens (including phenoxy) is 1. The van der Waals surface area contributed by atoms with Crippen LogP contribution < -0.4 is 0 Å². The quantitative estimate of drug-likeness (QED) is 0.172. The Kier molecular flexibility index (Phi) is 16.0. The molecule has 3 nitrogen and oxygen atoms in total. The highest BCUT2D eigenvalue weighted by Crippen LogP contribution is 2.12. The number of hydrogen-bond donors (Lipinski definition) is 0. The van der Waals surface area contributed by atoms with E-state index in [0.717, 1.165) is 25.5 Å². The highest BCUT2D eigenvalue weighted by Gasteiger charge is 2.09. The molecule has 0 spiro atoms. The molecule has 23 heavy (non-hydrogen) atoms. The van der Waals surface area contributed by atoms with Crippen molar-refractivity contribution in [3.05, 3.63) is 24.3 Å². The highest BCUT2D eigenvalue weighted by molar-refractivity contribution is 5.69. The number of unbranched alkanes of at least 4 members (excludes halogenated alkanes) is 8. The third-order valence-electron chi connectivity index (χ3n) is 3.70. The fourth-order valence-electron chi connectivity index (χ4n) is 2.43. The average Bonchev–Trinajstić information content (AvgIpc) is 2.53. The van der Waals surface area contributed by atoms with Gasteiger partial charge >= 0.3 is 5.97 Å². The Morgan fingerprint density at radius 1 is 0.913 bits per heavy atom. The number of carbonyl (C=O) groups excluding carboxylic acids is 2. The molecule has 0 aromatic heterocycles. The Bertz CT molecular complexity index is 345. The molecule has 0 saturated carbocycles. The SMILES string of the molecule is CC/C=C\C=C/CCCCCCCCCCC(C=O)OC(C)=O. The van der Waals surface area contributed by atoms with Crippen LogP contribution in [0.2, 0.25) is 0 Å². The molecule has 132 valence electrons. The summed E-state index contributed by atoms with van der Waals surface area (Å²) in [5.74, 6) is -0.377. The van der Waals surface area contributed by atoms with Gasteiger partial charge in [0.05, 0.1) is 0 Å². The minimum atomic E-state index is -0.548. The summed E-state index contributed by atoms with van der Waals surface area (Å²) in [4.78, 5) is 21.5. The van der Waals surface area contributed by atoms with E-state index in [1.807, 2.05) is 0 Å². The molecule has 0 N–H and O–H groups in total. The molecule has 0 radical (unpaired) electrons. The van der Waals surface area contributed by atoms with Crippen molar-refractivity contribution < 1.29 is 14.3 Å². The van der Waals surface area contributed by atoms with Gasteiger partial charge in [0.15, 0.2) is 12.4 Å². The number of esters is 1. The van der Waals surface area contributed by atoms with E-state index in [9.17, 15) is 9.59 Å². The van der Waals surface area contributed by atoms with Gasteiger partial charge in [0.2, 0.25) is 0 Å². The zero-order valence-electron chi connectivity index (χ0n) is 15.0. The lowest BCUT2D eigenvalue weighted by Crippen LogP contribution is -2.17. The molecule has 0 aliphatic rings. The summed E-state index contributed by atoms with van der Waals surface area (Å²) < 4.78 is 4.90. The number of allylic oxidation sites excluding steroid dienone is 4. The van der Waals surface area contributed by atoms with Crippen molar-refractivity contribution in [1.29, 1.82) is 0 Å². The van der Waals surface area contributed by atoms with E-state index in [0.29, 0.717) is 6.42 Å². The van der Waals surface area contributed by atoms with Crippen LogP contribution in [0.15, 0.2) is 24.3 Å². The van der Waals surface area contributed by atoms with E-state index >= 15 is 0 Å². The van der Waals surface area contributed by atoms with Gasteiger partial charge in [0.25, 0.3) is 0 Å². The van der Waals surface area contributed by atoms with Crippen molar-refractivity contribution in [2.75, 3.05) is 0 Å². The lowest BCUT2D eigenvalue weighted by Gasteiger charge is -2.09. The van der Waals surface area contributed by atoms with Crippen molar-refractivity contribution in [1.82, 2.24) is 0 Å². The van der Waals surface area contributed by atoms with E-state index in [4.69, 9.17) is 4.74 Å². The van der Waals surface area contributed by atoms with Crippen LogP contribution in [0.4, 0.5) is 0 Å². The lowest BCUT2D eigenvalue weighted by molar-refractivity contribution is -0.149. The lowest BCUT2D eigenvalue weighted by atomic mass is 10.1. The van der Waals surface area contributed by atoms with E-state index in [1.54, 1.807) is 0 Å². The molecule has 0 rings (SSSR count). The molecule has 0 aliphatic carbocycles. The summed E-state index contributed by atoms with van der Waals surface area (Å²) in [6.45, 7) is 3.49. The Hall–Kier alpha value is -1.38. The van der Waals surface area contributed by atoms with Crippen LogP contribution in [-0.2, 0) is 14.3 Å². The molecule has 1 unspecified atom stereocenters. The summed E-state index contributed by atoms with van der Waals surface area (Å²) in [7, 11) is 0. The zero-order chi connectivity index (χ0) is 17.2. The topological polar surface area (TPSA) is 43.4 Å². The molecule has 0 saturated heterocycles. The second-order valence-corrected chi connectivity index (χ2v) is 5.95. The summed E-state index contributed by atoms with van der Waals surface area (Å²) >= 11 is 0. The molecule has 1 atom stereocenters. The first kappa shape index (κ1) is 21.6. The van der Waals surface area contributed by atoms with Gasteiger partial charge in [-0.15, -0.1) is 0 Å². The van der Waals surface area contributed by atoms with Gasteiger partial charge in [0, 0.05) is 6.92 Å². The minimum Gasteiger partial charge on any atom is -0.455 e. The predicted molar refractivity (Wildman–Crippen MR) is 96.4 cm³/mol. The normalized spacial score (nSPS) is 12.8. The first-order valence-corrected chi connectivity index (χ1v) is 9.14. The Morgan fingerprint density at radius 3 is 2.04 bits per heavy atom. The summed E-state index contributed by atoms with van der Waals surface area (Å²) in [5, 5.41) is 0. The van der Waals surface area contributed by atoms with Gasteiger partial charge in [-0.2, -0.15) is 0 Å². The van der Waals surface area contributed by atoms with E-state index in [1.165, 1.54) is 51.9 Å². The molecule has 0 bridgehead atoms. The molecular formula is C20H34O3. The minimum absolute atomic E-state index is 0.377. The van der Waals surface area contributed by atoms with Gasteiger partial charge < -0.3 is 4.74 Å². The fraction of sp³-hybridized carbons (Fsp3) is 0.700. The smallest absolute Gasteiger partial charge is 0.303 e. The summed E-state index contributed by atoms with van der Waals surface area (Å²) in [6, 6.07) is 0. The molecule has 0 amide bonds. The van der Waals surface area contributed by atoms with Crippen LogP contribution in [0.1, 0.15) is 84.5 Å². The number of carbonyl (C=O) groups is 2. The van der Waals surface area contributed by atoms with Crippen molar-refractivity contribution >= 4 is 12.3 Å². The largest absolute Gasteiger partial charge is 0.455 e. The molecule has 0 fully saturated rings. The molecule has 0 heterocycles. The molecule has 3 heteroatoms. The maximum Gasteiger partial charge on any atom is 0.303 e. The van der Waals surface area contributed by atoms with Crippen molar-refractivity contribution in [2.24, 2.45) is 0 Å². The maximum atomic E-state index is 10.8. The van der Waals surface area contributed by atoms with Crippen molar-refractivity contribution in [3.63, 3.8) is 0 Å². The molecule has 0 aromatic carbocycles. The van der Waals surface area contributed by atoms with E-state index in [2.05, 4.69) is 31.2 Å². The fourth-order valence-corrected chi connectivity index (χ4v) is 2.43. The maximum absolute atomic E-state index is 10.8. The zero-order valence-corrected chi connectivity index (χ0v) is 15.0. The van der Waals surface area contributed by atoms with Crippen LogP contribution in [0, 0.1) is 0 Å². The second kappa shape index (κ2) is 17.0. The van der Waals surface area contributed by atoms with Crippen LogP contribution in [-0.4, -0.2) is 18.4 Å². The van der Waals surface area contributed by atoms with Gasteiger partial charge in [-0.05, 0) is 32.1 Å². The Labute approximate surface area is 142 Å². The summed E-state index contributed by atoms with van der Waals surface area (Å²) in [5.41, 5.74) is 0. The van der Waals surface area contributed by atoms with E-state index in [-0.39, 0.29) is 5.97 Å². The van der Waals surface area contributed by atoms with Crippen LogP contribution in [0.25, 0.3) is 0 Å². The monoisotopic (exact) mass is 322 g/mol. The second-order valence-electron chi connectivity index (χ2n) is 5.95. The van der Waals surface area contributed by atoms with Crippen molar-refractivity contribution in [2.45, 2.75) is 90.6 Å². The third kappa shape index (κ3) is 16.8. The highest BCUT2D eigenvalue weighted by atomic mass is 16.5. The standard InChI is InChI=1S/C20H34O3/c1-3-4-5-6-7-8-9-10-11-12-13-14-15-16-17-20(18-21)23-19(2)22/h4-7,18,20H,3,8-17H2,1-2H3/b5-4-,7-6-. The van der Waals surface area contributed by atoms with Crippen molar-refractivity contribution in [3.8, 4) is 0 Å². The number of aldehydes is 1. The Balaban J connectivity index is 3.30. The average molecular weight is 322 g/mol. The first-order valence-electron chi connectivity index (χ1n) is 9.14. The summed E-state index contributed by atoms with van der Waals surface area (Å²) in [6.07, 6.45) is 21.5. The first-order chi connectivity index (χ1) is 11.2. The molecule has 0 aromatic rings. The Morgan fingerprint density at radius 2 is 1.48 bits per heavy atom. The van der Waals surface area contributed by atoms with Gasteiger partial charge in [-0.25, -0.2) is 0 Å². The van der Waals surface area contributed by atoms with Crippen LogP contribution >= 0.6 is 0 Å². The number of hydrogen-bond acceptors (Lipinski definition) is 3. The van der Waals surface area contributed by atoms with E-state index < -0.39 is 6.10 Å². The van der Waals surface area contributed by atoms with Gasteiger partial charge in [-0.3, -0.25) is 9.59 Å². The molecular weight excluding hydrogens is 288 g/mol. The predicted octanol–water partition coefficient (Wildman–Crippen LogP) is 5.54. The number of rotatable bonds is 15. The van der Waals surface area contributed by atoms with Gasteiger partial charge in [0.1, 0.15) is 0 Å². The van der Waals surface area contributed by atoms with Crippen LogP contribution in [0.5, 0.6) is 0 Å². The molecule has 0 aliphatic heterocycles.